The van der Waals surface area contributed by atoms with Gasteiger partial charge in [-0.2, -0.15) is 0 Å². The predicted molar refractivity (Wildman–Crippen MR) is 332 cm³/mol. The summed E-state index contributed by atoms with van der Waals surface area (Å²) in [6.45, 7) is 0. The van der Waals surface area contributed by atoms with Gasteiger partial charge in [-0.1, -0.05) is 267 Å². The van der Waals surface area contributed by atoms with Crippen LogP contribution in [0.3, 0.4) is 0 Å². The van der Waals surface area contributed by atoms with E-state index in [2.05, 4.69) is 313 Å². The monoisotopic (exact) mass is 1010 g/mol. The van der Waals surface area contributed by atoms with E-state index in [-0.39, 0.29) is 0 Å². The van der Waals surface area contributed by atoms with Crippen LogP contribution in [-0.4, -0.2) is 4.57 Å². The molecular formula is C78H50N2. The zero-order chi connectivity index (χ0) is 52.5. The smallest absolute Gasteiger partial charge is 0.0755 e. The van der Waals surface area contributed by atoms with Crippen LogP contribution in [0.1, 0.15) is 44.5 Å². The second kappa shape index (κ2) is 17.1. The largest absolute Gasteiger partial charge is 0.309 e. The fourth-order valence-corrected chi connectivity index (χ4v) is 14.9. The van der Waals surface area contributed by atoms with Gasteiger partial charge in [0.1, 0.15) is 0 Å². The second-order valence-electron chi connectivity index (χ2n) is 21.8. The summed E-state index contributed by atoms with van der Waals surface area (Å²) in [5.74, 6) is 0. The predicted octanol–water partition coefficient (Wildman–Crippen LogP) is 19.8. The number of para-hydroxylation sites is 4. The maximum Gasteiger partial charge on any atom is 0.0755 e. The summed E-state index contributed by atoms with van der Waals surface area (Å²) in [6.07, 6.45) is 0. The number of hydrogen-bond donors (Lipinski definition) is 0. The van der Waals surface area contributed by atoms with E-state index in [4.69, 9.17) is 0 Å². The first-order chi connectivity index (χ1) is 39.7. The molecule has 0 fully saturated rings. The number of rotatable bonds is 7. The zero-order valence-corrected chi connectivity index (χ0v) is 43.8. The average molecular weight is 1020 g/mol. The first kappa shape index (κ1) is 44.8. The Bertz CT molecular complexity index is 4780. The van der Waals surface area contributed by atoms with E-state index >= 15 is 0 Å². The molecule has 1 unspecified atom stereocenters. The summed E-state index contributed by atoms with van der Waals surface area (Å²) in [7, 11) is 0. The second-order valence-corrected chi connectivity index (χ2v) is 21.8. The van der Waals surface area contributed by atoms with E-state index in [0.29, 0.717) is 0 Å². The van der Waals surface area contributed by atoms with Crippen LogP contribution < -0.4 is 4.90 Å². The number of benzene rings is 13. The summed E-state index contributed by atoms with van der Waals surface area (Å²) in [5.41, 5.74) is 25.7. The van der Waals surface area contributed by atoms with Crippen LogP contribution in [-0.2, 0) is 10.8 Å². The van der Waals surface area contributed by atoms with Gasteiger partial charge in [-0.3, -0.25) is 0 Å². The third-order valence-electron chi connectivity index (χ3n) is 18.1. The van der Waals surface area contributed by atoms with Gasteiger partial charge in [0.2, 0.25) is 0 Å². The Hall–Kier alpha value is -10.3. The van der Waals surface area contributed by atoms with Crippen molar-refractivity contribution in [3.63, 3.8) is 0 Å². The molecule has 372 valence electrons. The molecule has 1 aliphatic heterocycles. The van der Waals surface area contributed by atoms with E-state index in [1.54, 1.807) is 0 Å². The van der Waals surface area contributed by atoms with Crippen molar-refractivity contribution in [2.75, 3.05) is 4.90 Å². The molecule has 2 aliphatic carbocycles. The van der Waals surface area contributed by atoms with Crippen LogP contribution in [0.15, 0.2) is 303 Å². The van der Waals surface area contributed by atoms with Crippen LogP contribution in [0.25, 0.3) is 82.8 Å². The first-order valence-electron chi connectivity index (χ1n) is 27.9. The molecule has 0 radical (unpaired) electrons. The molecule has 0 saturated heterocycles. The lowest BCUT2D eigenvalue weighted by atomic mass is 9.65. The molecule has 1 aromatic heterocycles. The molecule has 2 heteroatoms. The third-order valence-corrected chi connectivity index (χ3v) is 18.1. The van der Waals surface area contributed by atoms with Gasteiger partial charge in [-0.05, 0) is 125 Å². The summed E-state index contributed by atoms with van der Waals surface area (Å²) in [5, 5.41) is 4.95. The Kier molecular flexibility index (Phi) is 9.58. The number of anilines is 3. The summed E-state index contributed by atoms with van der Waals surface area (Å²) >= 11 is 0. The van der Waals surface area contributed by atoms with E-state index < -0.39 is 10.8 Å². The van der Waals surface area contributed by atoms with Crippen molar-refractivity contribution < 1.29 is 0 Å². The molecule has 17 rings (SSSR count). The maximum atomic E-state index is 2.61. The Balaban J connectivity index is 0.993. The maximum absolute atomic E-state index is 2.61. The minimum atomic E-state index is -0.641. The topological polar surface area (TPSA) is 8.17 Å². The van der Waals surface area contributed by atoms with Gasteiger partial charge < -0.3 is 9.47 Å². The van der Waals surface area contributed by atoms with Gasteiger partial charge in [-0.25, -0.2) is 0 Å². The number of fused-ring (bicyclic) bond motifs is 17. The molecule has 1 spiro atoms. The Morgan fingerprint density at radius 1 is 0.275 bits per heavy atom. The lowest BCUT2D eigenvalue weighted by Crippen LogP contribution is -2.33. The molecule has 2 heterocycles. The van der Waals surface area contributed by atoms with Gasteiger partial charge in [0.15, 0.2) is 0 Å². The molecule has 0 N–H and O–H groups in total. The van der Waals surface area contributed by atoms with Crippen molar-refractivity contribution in [1.29, 1.82) is 0 Å². The summed E-state index contributed by atoms with van der Waals surface area (Å²) < 4.78 is 2.54. The molecule has 14 aromatic rings. The normalized spacial score (nSPS) is 14.9. The fourth-order valence-electron chi connectivity index (χ4n) is 14.9. The highest BCUT2D eigenvalue weighted by Crippen LogP contribution is 2.64. The van der Waals surface area contributed by atoms with Gasteiger partial charge in [0.25, 0.3) is 0 Å². The van der Waals surface area contributed by atoms with Gasteiger partial charge in [-0.15, -0.1) is 0 Å². The van der Waals surface area contributed by atoms with E-state index in [1.165, 1.54) is 116 Å². The van der Waals surface area contributed by atoms with Crippen molar-refractivity contribution in [2.24, 2.45) is 0 Å². The van der Waals surface area contributed by atoms with E-state index in [1.807, 2.05) is 0 Å². The van der Waals surface area contributed by atoms with Crippen molar-refractivity contribution in [2.45, 2.75) is 10.8 Å². The van der Waals surface area contributed by atoms with Crippen molar-refractivity contribution in [3.8, 4) is 50.2 Å². The van der Waals surface area contributed by atoms with E-state index in [9.17, 15) is 0 Å². The van der Waals surface area contributed by atoms with Gasteiger partial charge in [0.05, 0.1) is 38.9 Å². The van der Waals surface area contributed by atoms with Crippen LogP contribution in [0.2, 0.25) is 0 Å². The molecule has 3 aliphatic rings. The minimum absolute atomic E-state index is 0.627. The number of hydrogen-bond acceptors (Lipinski definition) is 1. The van der Waals surface area contributed by atoms with Crippen LogP contribution >= 0.6 is 0 Å². The molecular weight excluding hydrogens is 965 g/mol. The molecule has 80 heavy (non-hydrogen) atoms. The fraction of sp³-hybridized carbons (Fsp3) is 0.0256. The lowest BCUT2D eigenvalue weighted by Gasteiger charge is -2.40. The highest BCUT2D eigenvalue weighted by Gasteiger charge is 2.52. The highest BCUT2D eigenvalue weighted by atomic mass is 15.1. The standard InChI is InChI=1S/C78H50N2/c1-4-23-51(24-5-1)52-43-45-53(46-44-52)57-29-14-19-40-71(57)79(74-50-70-75(62-33-11-10-31-60(62)74)64-34-13-17-37-66(64)77(70,54-25-6-2-7-26-54)55-27-8-3-9-28-55)56-47-48-59-58-30-12-16-36-65(58)78(69(59)49-56)67-38-18-21-42-73(67)80-72-41-20-15-32-61(72)63-35-22-39-68(78)76(63)80/h1-50H. The number of aromatic nitrogens is 1. The molecule has 2 nitrogen and oxygen atoms in total. The lowest BCUT2D eigenvalue weighted by molar-refractivity contribution is 0.748. The zero-order valence-electron chi connectivity index (χ0n) is 43.8. The molecule has 0 bridgehead atoms. The SMILES string of the molecule is c1ccc(-c2ccc(-c3ccccc3N(c3ccc4c(c3)C3(c5ccccc5-4)c4ccccc4-n4c5ccccc5c5cccc3c54)c3cc4c(c5ccccc35)-c3ccccc3C4(c3ccccc3)c3ccccc3)cc2)cc1. The average Bonchev–Trinajstić information content (AvgIpc) is 2.70. The Labute approximate surface area is 465 Å². The molecule has 1 atom stereocenters. The van der Waals surface area contributed by atoms with Crippen molar-refractivity contribution in [1.82, 2.24) is 4.57 Å². The minimum Gasteiger partial charge on any atom is -0.309 e. The van der Waals surface area contributed by atoms with Crippen molar-refractivity contribution in [3.05, 3.63) is 348 Å². The highest BCUT2D eigenvalue weighted by molar-refractivity contribution is 6.14. The third kappa shape index (κ3) is 5.97. The summed E-state index contributed by atoms with van der Waals surface area (Å²) in [6, 6.07) is 114. The van der Waals surface area contributed by atoms with E-state index in [0.717, 1.165) is 28.2 Å². The Morgan fingerprint density at radius 2 is 0.800 bits per heavy atom. The van der Waals surface area contributed by atoms with Gasteiger partial charge in [0, 0.05) is 27.4 Å². The molecule has 13 aromatic carbocycles. The Morgan fingerprint density at radius 3 is 1.55 bits per heavy atom. The van der Waals surface area contributed by atoms with Crippen molar-refractivity contribution >= 4 is 49.6 Å². The number of nitrogens with zero attached hydrogens (tertiary/aromatic N) is 2. The quantitative estimate of drug-likeness (QED) is 0.154. The van der Waals surface area contributed by atoms with Crippen LogP contribution in [0.4, 0.5) is 17.1 Å². The van der Waals surface area contributed by atoms with Crippen LogP contribution in [0.5, 0.6) is 0 Å². The van der Waals surface area contributed by atoms with Crippen LogP contribution in [0, 0.1) is 0 Å². The van der Waals surface area contributed by atoms with Gasteiger partial charge >= 0.3 is 0 Å². The molecule has 0 saturated carbocycles. The summed E-state index contributed by atoms with van der Waals surface area (Å²) in [4.78, 5) is 2.61. The molecule has 0 amide bonds. The first-order valence-corrected chi connectivity index (χ1v) is 27.9.